The molecular formula is C18H24N4. The Bertz CT molecular complexity index is 663. The summed E-state index contributed by atoms with van der Waals surface area (Å²) in [5, 5.41) is 8.56. The topological polar surface area (TPSA) is 33.1 Å². The Morgan fingerprint density at radius 1 is 1.14 bits per heavy atom. The second kappa shape index (κ2) is 5.43. The maximum absolute atomic E-state index is 5.02. The van der Waals surface area contributed by atoms with Crippen molar-refractivity contribution in [1.82, 2.24) is 14.7 Å². The largest absolute Gasteiger partial charge is 0.369 e. The van der Waals surface area contributed by atoms with E-state index < -0.39 is 0 Å². The summed E-state index contributed by atoms with van der Waals surface area (Å²) in [7, 11) is 2.22. The van der Waals surface area contributed by atoms with Crippen LogP contribution in [-0.2, 0) is 6.42 Å². The van der Waals surface area contributed by atoms with Crippen LogP contribution in [-0.4, -0.2) is 41.4 Å². The molecule has 22 heavy (non-hydrogen) atoms. The molecule has 0 bridgehead atoms. The molecule has 4 heteroatoms. The van der Waals surface area contributed by atoms with Crippen LogP contribution in [0.15, 0.2) is 24.3 Å². The quantitative estimate of drug-likeness (QED) is 0.925. The van der Waals surface area contributed by atoms with E-state index in [1.165, 1.54) is 48.6 Å². The van der Waals surface area contributed by atoms with E-state index >= 15 is 0 Å². The van der Waals surface area contributed by atoms with Crippen molar-refractivity contribution < 1.29 is 0 Å². The lowest BCUT2D eigenvalue weighted by atomic mass is 9.91. The van der Waals surface area contributed by atoms with Gasteiger partial charge in [-0.25, -0.2) is 4.68 Å². The molecule has 1 aromatic heterocycles. The van der Waals surface area contributed by atoms with Gasteiger partial charge in [-0.2, -0.15) is 5.10 Å². The van der Waals surface area contributed by atoms with Crippen LogP contribution >= 0.6 is 0 Å². The normalized spacial score (nSPS) is 19.2. The fraction of sp³-hybridized carbons (Fsp3) is 0.500. The van der Waals surface area contributed by atoms with E-state index in [9.17, 15) is 0 Å². The number of rotatable bonds is 2. The molecule has 3 heterocycles. The SMILES string of the molecule is Cc1ccc(-n2nc(C3CCN(C)CC3)c3c2NCC3)cc1. The molecule has 0 spiro atoms. The van der Waals surface area contributed by atoms with Gasteiger partial charge in [-0.15, -0.1) is 0 Å². The maximum atomic E-state index is 5.02. The average molecular weight is 296 g/mol. The third kappa shape index (κ3) is 2.31. The predicted molar refractivity (Wildman–Crippen MR) is 90.0 cm³/mol. The number of benzene rings is 1. The zero-order chi connectivity index (χ0) is 15.1. The van der Waals surface area contributed by atoms with Crippen LogP contribution in [0.4, 0.5) is 5.82 Å². The third-order valence-corrected chi connectivity index (χ3v) is 5.07. The summed E-state index contributed by atoms with van der Waals surface area (Å²) < 4.78 is 2.12. The lowest BCUT2D eigenvalue weighted by molar-refractivity contribution is 0.252. The monoisotopic (exact) mass is 296 g/mol. The lowest BCUT2D eigenvalue weighted by Gasteiger charge is -2.28. The van der Waals surface area contributed by atoms with Gasteiger partial charge in [0.1, 0.15) is 5.82 Å². The molecule has 4 nitrogen and oxygen atoms in total. The van der Waals surface area contributed by atoms with Gasteiger partial charge in [-0.3, -0.25) is 0 Å². The van der Waals surface area contributed by atoms with Crippen LogP contribution in [0.5, 0.6) is 0 Å². The molecule has 2 aliphatic heterocycles. The number of anilines is 1. The van der Waals surface area contributed by atoms with Crippen molar-refractivity contribution in [2.45, 2.75) is 32.1 Å². The van der Waals surface area contributed by atoms with Crippen molar-refractivity contribution in [1.29, 1.82) is 0 Å². The number of piperidine rings is 1. The Balaban J connectivity index is 1.72. The molecule has 0 aliphatic carbocycles. The fourth-order valence-electron chi connectivity index (χ4n) is 3.68. The summed E-state index contributed by atoms with van der Waals surface area (Å²) in [6, 6.07) is 8.66. The Morgan fingerprint density at radius 3 is 2.59 bits per heavy atom. The molecule has 1 N–H and O–H groups in total. The minimum absolute atomic E-state index is 0.622. The van der Waals surface area contributed by atoms with Gasteiger partial charge < -0.3 is 10.2 Å². The van der Waals surface area contributed by atoms with E-state index in [-0.39, 0.29) is 0 Å². The van der Waals surface area contributed by atoms with Gasteiger partial charge in [-0.05, 0) is 58.5 Å². The first-order chi connectivity index (χ1) is 10.7. The zero-order valence-electron chi connectivity index (χ0n) is 13.5. The zero-order valence-corrected chi connectivity index (χ0v) is 13.5. The molecule has 2 aromatic rings. The number of nitrogens with zero attached hydrogens (tertiary/aromatic N) is 3. The molecule has 1 saturated heterocycles. The van der Waals surface area contributed by atoms with E-state index in [2.05, 4.69) is 53.1 Å². The Morgan fingerprint density at radius 2 is 1.86 bits per heavy atom. The molecule has 0 saturated carbocycles. The summed E-state index contributed by atoms with van der Waals surface area (Å²) in [6.45, 7) is 5.53. The summed E-state index contributed by atoms with van der Waals surface area (Å²) in [6.07, 6.45) is 3.57. The van der Waals surface area contributed by atoms with Gasteiger partial charge in [0.15, 0.2) is 0 Å². The number of likely N-dealkylation sites (tertiary alicyclic amines) is 1. The van der Waals surface area contributed by atoms with Crippen LogP contribution in [0.3, 0.4) is 0 Å². The van der Waals surface area contributed by atoms with Crippen LogP contribution in [0, 0.1) is 6.92 Å². The number of hydrogen-bond donors (Lipinski definition) is 1. The number of aromatic nitrogens is 2. The van der Waals surface area contributed by atoms with Crippen LogP contribution < -0.4 is 5.32 Å². The van der Waals surface area contributed by atoms with E-state index in [4.69, 9.17) is 5.10 Å². The van der Waals surface area contributed by atoms with Gasteiger partial charge in [0.2, 0.25) is 0 Å². The number of aryl methyl sites for hydroxylation is 1. The predicted octanol–water partition coefficient (Wildman–Crippen LogP) is 2.96. The molecule has 0 amide bonds. The maximum Gasteiger partial charge on any atom is 0.133 e. The molecule has 1 fully saturated rings. The first-order valence-corrected chi connectivity index (χ1v) is 8.33. The molecule has 0 unspecified atom stereocenters. The highest BCUT2D eigenvalue weighted by molar-refractivity contribution is 5.57. The van der Waals surface area contributed by atoms with Crippen molar-refractivity contribution >= 4 is 5.82 Å². The molecule has 0 atom stereocenters. The highest BCUT2D eigenvalue weighted by atomic mass is 15.3. The molecule has 1 aromatic carbocycles. The summed E-state index contributed by atoms with van der Waals surface area (Å²) in [5.41, 5.74) is 5.25. The van der Waals surface area contributed by atoms with Crippen LogP contribution in [0.2, 0.25) is 0 Å². The minimum Gasteiger partial charge on any atom is -0.369 e. The summed E-state index contributed by atoms with van der Waals surface area (Å²) >= 11 is 0. The van der Waals surface area contributed by atoms with Crippen molar-refractivity contribution in [2.24, 2.45) is 0 Å². The molecular weight excluding hydrogens is 272 g/mol. The minimum atomic E-state index is 0.622. The number of hydrogen-bond acceptors (Lipinski definition) is 3. The van der Waals surface area contributed by atoms with Crippen LogP contribution in [0.1, 0.15) is 35.6 Å². The fourth-order valence-corrected chi connectivity index (χ4v) is 3.68. The molecule has 2 aliphatic rings. The summed E-state index contributed by atoms with van der Waals surface area (Å²) in [4.78, 5) is 2.42. The van der Waals surface area contributed by atoms with Gasteiger partial charge in [-0.1, -0.05) is 17.7 Å². The second-order valence-electron chi connectivity index (χ2n) is 6.71. The molecule has 4 rings (SSSR count). The Labute approximate surface area is 132 Å². The second-order valence-corrected chi connectivity index (χ2v) is 6.71. The molecule has 116 valence electrons. The van der Waals surface area contributed by atoms with E-state index in [1.807, 2.05) is 0 Å². The highest BCUT2D eigenvalue weighted by Gasteiger charge is 2.29. The van der Waals surface area contributed by atoms with E-state index in [1.54, 1.807) is 0 Å². The van der Waals surface area contributed by atoms with Crippen LogP contribution in [0.25, 0.3) is 5.69 Å². The number of nitrogens with one attached hydrogen (secondary N) is 1. The number of fused-ring (bicyclic) bond motifs is 1. The smallest absolute Gasteiger partial charge is 0.133 e. The lowest BCUT2D eigenvalue weighted by Crippen LogP contribution is -2.29. The van der Waals surface area contributed by atoms with Crippen molar-refractivity contribution in [3.05, 3.63) is 41.1 Å². The van der Waals surface area contributed by atoms with Crippen molar-refractivity contribution in [2.75, 3.05) is 32.0 Å². The third-order valence-electron chi connectivity index (χ3n) is 5.07. The Hall–Kier alpha value is -1.81. The van der Waals surface area contributed by atoms with Gasteiger partial charge >= 0.3 is 0 Å². The Kier molecular flexibility index (Phi) is 3.41. The first-order valence-electron chi connectivity index (χ1n) is 8.33. The van der Waals surface area contributed by atoms with Gasteiger partial charge in [0, 0.05) is 18.0 Å². The first kappa shape index (κ1) is 13.8. The van der Waals surface area contributed by atoms with Gasteiger partial charge in [0.25, 0.3) is 0 Å². The standard InChI is InChI=1S/C18H24N4/c1-13-3-5-15(6-4-13)22-18-16(7-10-19-18)17(20-22)14-8-11-21(2)12-9-14/h3-6,14,19H,7-12H2,1-2H3. The van der Waals surface area contributed by atoms with Crippen molar-refractivity contribution in [3.63, 3.8) is 0 Å². The van der Waals surface area contributed by atoms with Gasteiger partial charge in [0.05, 0.1) is 11.4 Å². The molecule has 0 radical (unpaired) electrons. The van der Waals surface area contributed by atoms with E-state index in [0.29, 0.717) is 5.92 Å². The summed E-state index contributed by atoms with van der Waals surface area (Å²) in [5.74, 6) is 1.84. The van der Waals surface area contributed by atoms with E-state index in [0.717, 1.165) is 18.7 Å². The average Bonchev–Trinajstić information content (AvgIpc) is 3.12. The van der Waals surface area contributed by atoms with Crippen molar-refractivity contribution in [3.8, 4) is 5.69 Å². The highest BCUT2D eigenvalue weighted by Crippen LogP contribution is 2.36.